The van der Waals surface area contributed by atoms with Crippen molar-refractivity contribution >= 4 is 27.3 Å². The van der Waals surface area contributed by atoms with Gasteiger partial charge < -0.3 is 5.32 Å². The van der Waals surface area contributed by atoms with Gasteiger partial charge in [0.15, 0.2) is 0 Å². The molecule has 0 aliphatic carbocycles. The predicted molar refractivity (Wildman–Crippen MR) is 83.1 cm³/mol. The third kappa shape index (κ3) is 4.36. The summed E-state index contributed by atoms with van der Waals surface area (Å²) in [6.07, 6.45) is 1.58. The zero-order chi connectivity index (χ0) is 14.5. The number of rotatable bonds is 6. The number of thiophene rings is 1. The van der Waals surface area contributed by atoms with Crippen molar-refractivity contribution in [3.63, 3.8) is 0 Å². The highest BCUT2D eigenvalue weighted by Crippen LogP contribution is 2.27. The SMILES string of the molecule is CCCNC(Cc1cc(F)cc(F)c1)c1csc(Br)c1. The van der Waals surface area contributed by atoms with E-state index in [9.17, 15) is 8.78 Å². The minimum absolute atomic E-state index is 0.0682. The summed E-state index contributed by atoms with van der Waals surface area (Å²) >= 11 is 5.06. The fourth-order valence-electron chi connectivity index (χ4n) is 2.10. The zero-order valence-electron chi connectivity index (χ0n) is 11.1. The first-order chi connectivity index (χ1) is 9.58. The molecular weight excluding hydrogens is 344 g/mol. The summed E-state index contributed by atoms with van der Waals surface area (Å²) in [5.74, 6) is -1.05. The standard InChI is InChI=1S/C15H16BrF2NS/c1-2-3-19-14(11-7-15(16)20-9-11)6-10-4-12(17)8-13(18)5-10/h4-5,7-9,14,19H,2-3,6H2,1H3. The van der Waals surface area contributed by atoms with Crippen LogP contribution in [-0.2, 0) is 6.42 Å². The lowest BCUT2D eigenvalue weighted by Crippen LogP contribution is -2.23. The van der Waals surface area contributed by atoms with Crippen LogP contribution in [0.4, 0.5) is 8.78 Å². The number of hydrogen-bond donors (Lipinski definition) is 1. The summed E-state index contributed by atoms with van der Waals surface area (Å²) in [7, 11) is 0. The van der Waals surface area contributed by atoms with Crippen LogP contribution in [0.2, 0.25) is 0 Å². The smallest absolute Gasteiger partial charge is 0.126 e. The summed E-state index contributed by atoms with van der Waals surface area (Å²) < 4.78 is 27.6. The first-order valence-electron chi connectivity index (χ1n) is 6.50. The van der Waals surface area contributed by atoms with Gasteiger partial charge >= 0.3 is 0 Å². The molecule has 0 saturated carbocycles. The lowest BCUT2D eigenvalue weighted by molar-refractivity contribution is 0.523. The molecule has 0 aliphatic heterocycles. The number of halogens is 3. The lowest BCUT2D eigenvalue weighted by atomic mass is 10.0. The minimum Gasteiger partial charge on any atom is -0.310 e. The van der Waals surface area contributed by atoms with Gasteiger partial charge in [-0.05, 0) is 70.0 Å². The van der Waals surface area contributed by atoms with Crippen molar-refractivity contribution in [3.8, 4) is 0 Å². The van der Waals surface area contributed by atoms with Crippen LogP contribution in [0.3, 0.4) is 0 Å². The van der Waals surface area contributed by atoms with E-state index in [0.29, 0.717) is 12.0 Å². The van der Waals surface area contributed by atoms with Crippen LogP contribution in [-0.4, -0.2) is 6.54 Å². The average molecular weight is 360 g/mol. The molecule has 0 fully saturated rings. The summed E-state index contributed by atoms with van der Waals surface area (Å²) in [6, 6.07) is 5.81. The van der Waals surface area contributed by atoms with E-state index >= 15 is 0 Å². The molecule has 0 amide bonds. The van der Waals surface area contributed by atoms with Gasteiger partial charge in [-0.15, -0.1) is 11.3 Å². The summed E-state index contributed by atoms with van der Waals surface area (Å²) in [4.78, 5) is 0. The van der Waals surface area contributed by atoms with Crippen LogP contribution in [0.1, 0.15) is 30.5 Å². The van der Waals surface area contributed by atoms with E-state index in [2.05, 4.69) is 33.6 Å². The van der Waals surface area contributed by atoms with E-state index in [0.717, 1.165) is 28.4 Å². The molecule has 0 bridgehead atoms. The Kier molecular flexibility index (Phi) is 5.69. The van der Waals surface area contributed by atoms with E-state index in [1.807, 2.05) is 6.07 Å². The van der Waals surface area contributed by atoms with Crippen molar-refractivity contribution in [2.75, 3.05) is 6.54 Å². The molecule has 1 nitrogen and oxygen atoms in total. The Balaban J connectivity index is 2.18. The van der Waals surface area contributed by atoms with Gasteiger partial charge in [0.05, 0.1) is 3.79 Å². The fourth-order valence-corrected chi connectivity index (χ4v) is 3.33. The second-order valence-corrected chi connectivity index (χ2v) is 6.96. The molecule has 2 rings (SSSR count). The van der Waals surface area contributed by atoms with Crippen LogP contribution in [0.15, 0.2) is 33.4 Å². The van der Waals surface area contributed by atoms with E-state index in [4.69, 9.17) is 0 Å². The predicted octanol–water partition coefficient (Wildman–Crippen LogP) is 5.07. The molecule has 0 saturated heterocycles. The Morgan fingerprint density at radius 3 is 2.45 bits per heavy atom. The highest BCUT2D eigenvalue weighted by molar-refractivity contribution is 9.11. The van der Waals surface area contributed by atoms with Crippen molar-refractivity contribution < 1.29 is 8.78 Å². The average Bonchev–Trinajstić information content (AvgIpc) is 2.80. The molecule has 1 N–H and O–H groups in total. The fraction of sp³-hybridized carbons (Fsp3) is 0.333. The molecule has 108 valence electrons. The number of nitrogens with one attached hydrogen (secondary N) is 1. The third-order valence-corrected chi connectivity index (χ3v) is 4.52. The number of hydrogen-bond acceptors (Lipinski definition) is 2. The maximum atomic E-state index is 13.3. The van der Waals surface area contributed by atoms with Crippen LogP contribution in [0.5, 0.6) is 0 Å². The molecule has 0 radical (unpaired) electrons. The van der Waals surface area contributed by atoms with Gasteiger partial charge in [0.1, 0.15) is 11.6 Å². The third-order valence-electron chi connectivity index (χ3n) is 2.99. The normalized spacial score (nSPS) is 12.6. The molecular formula is C15H16BrF2NS. The van der Waals surface area contributed by atoms with Gasteiger partial charge in [-0.3, -0.25) is 0 Å². The van der Waals surface area contributed by atoms with Crippen LogP contribution in [0, 0.1) is 11.6 Å². The van der Waals surface area contributed by atoms with Crippen molar-refractivity contribution in [3.05, 3.63) is 56.2 Å². The highest BCUT2D eigenvalue weighted by Gasteiger charge is 2.14. The monoisotopic (exact) mass is 359 g/mol. The second kappa shape index (κ2) is 7.29. The van der Waals surface area contributed by atoms with Gasteiger partial charge in [0.25, 0.3) is 0 Å². The van der Waals surface area contributed by atoms with Crippen molar-refractivity contribution in [2.45, 2.75) is 25.8 Å². The topological polar surface area (TPSA) is 12.0 Å². The molecule has 1 heterocycles. The van der Waals surface area contributed by atoms with Gasteiger partial charge in [0, 0.05) is 12.1 Å². The molecule has 20 heavy (non-hydrogen) atoms. The Morgan fingerprint density at radius 1 is 1.20 bits per heavy atom. The highest BCUT2D eigenvalue weighted by atomic mass is 79.9. The molecule has 5 heteroatoms. The van der Waals surface area contributed by atoms with E-state index in [-0.39, 0.29) is 6.04 Å². The molecule has 1 atom stereocenters. The zero-order valence-corrected chi connectivity index (χ0v) is 13.5. The Bertz CT molecular complexity index is 551. The van der Waals surface area contributed by atoms with Crippen molar-refractivity contribution in [1.29, 1.82) is 0 Å². The van der Waals surface area contributed by atoms with Gasteiger partial charge in [-0.2, -0.15) is 0 Å². The molecule has 1 unspecified atom stereocenters. The van der Waals surface area contributed by atoms with Crippen molar-refractivity contribution in [1.82, 2.24) is 5.32 Å². The van der Waals surface area contributed by atoms with Crippen LogP contribution < -0.4 is 5.32 Å². The lowest BCUT2D eigenvalue weighted by Gasteiger charge is -2.18. The maximum absolute atomic E-state index is 13.3. The molecule has 2 aromatic rings. The summed E-state index contributed by atoms with van der Waals surface area (Å²) in [6.45, 7) is 2.96. The Hall–Kier alpha value is -0.780. The van der Waals surface area contributed by atoms with E-state index in [1.54, 1.807) is 11.3 Å². The van der Waals surface area contributed by atoms with Gasteiger partial charge in [-0.1, -0.05) is 6.92 Å². The first-order valence-corrected chi connectivity index (χ1v) is 8.18. The molecule has 1 aromatic carbocycles. The van der Waals surface area contributed by atoms with Crippen LogP contribution >= 0.6 is 27.3 Å². The maximum Gasteiger partial charge on any atom is 0.126 e. The minimum atomic E-state index is -0.527. The van der Waals surface area contributed by atoms with Gasteiger partial charge in [0.2, 0.25) is 0 Å². The molecule has 0 spiro atoms. The Labute approximate surface area is 130 Å². The first kappa shape index (κ1) is 15.6. The largest absolute Gasteiger partial charge is 0.310 e. The van der Waals surface area contributed by atoms with Gasteiger partial charge in [-0.25, -0.2) is 8.78 Å². The van der Waals surface area contributed by atoms with E-state index in [1.165, 1.54) is 12.1 Å². The number of benzene rings is 1. The molecule has 1 aromatic heterocycles. The Morgan fingerprint density at radius 2 is 1.90 bits per heavy atom. The van der Waals surface area contributed by atoms with Crippen LogP contribution in [0.25, 0.3) is 0 Å². The summed E-state index contributed by atoms with van der Waals surface area (Å²) in [5.41, 5.74) is 1.80. The quantitative estimate of drug-likeness (QED) is 0.758. The molecule has 0 aliphatic rings. The summed E-state index contributed by atoms with van der Waals surface area (Å²) in [5, 5.41) is 5.49. The van der Waals surface area contributed by atoms with Crippen molar-refractivity contribution in [2.24, 2.45) is 0 Å². The van der Waals surface area contributed by atoms with E-state index < -0.39 is 11.6 Å². The second-order valence-electron chi connectivity index (χ2n) is 4.67.